The van der Waals surface area contributed by atoms with Crippen LogP contribution >= 0.6 is 11.8 Å². The molecular weight excluding hydrogens is 424 g/mol. The second-order valence-electron chi connectivity index (χ2n) is 10.3. The molecule has 0 aromatic heterocycles. The molecule has 2 aromatic carbocycles. The Morgan fingerprint density at radius 1 is 1.00 bits per heavy atom. The van der Waals surface area contributed by atoms with Gasteiger partial charge < -0.3 is 4.74 Å². The standard InChI is InChI=1S/C30H38O2S/c1-7-9-10-11-12-24-20-27-26(29(3,4)21-30(5,6)33-27)19-25(24)18-15-22-13-16-23(17-14-22)28(31)32-8-2/h13-14,16-17,19-20H,7-12,21H2,1-6H3. The summed E-state index contributed by atoms with van der Waals surface area (Å²) in [6, 6.07) is 12.2. The molecule has 0 amide bonds. The van der Waals surface area contributed by atoms with Crippen molar-refractivity contribution in [2.75, 3.05) is 6.61 Å². The largest absolute Gasteiger partial charge is 0.462 e. The average Bonchev–Trinajstić information content (AvgIpc) is 2.74. The molecule has 0 unspecified atom stereocenters. The fourth-order valence-electron chi connectivity index (χ4n) is 4.84. The molecule has 0 saturated heterocycles. The van der Waals surface area contributed by atoms with Gasteiger partial charge in [0.25, 0.3) is 0 Å². The van der Waals surface area contributed by atoms with Gasteiger partial charge in [0.1, 0.15) is 0 Å². The van der Waals surface area contributed by atoms with Gasteiger partial charge in [0, 0.05) is 20.8 Å². The third-order valence-corrected chi connectivity index (χ3v) is 7.48. The number of aryl methyl sites for hydroxylation is 1. The number of carbonyl (C=O) groups excluding carboxylic acids is 1. The van der Waals surface area contributed by atoms with E-state index in [-0.39, 0.29) is 16.1 Å². The smallest absolute Gasteiger partial charge is 0.338 e. The molecule has 2 aromatic rings. The van der Waals surface area contributed by atoms with Crippen molar-refractivity contribution in [1.29, 1.82) is 0 Å². The summed E-state index contributed by atoms with van der Waals surface area (Å²) in [6.45, 7) is 13.9. The predicted molar refractivity (Wildman–Crippen MR) is 140 cm³/mol. The van der Waals surface area contributed by atoms with Crippen molar-refractivity contribution in [3.05, 3.63) is 64.2 Å². The lowest BCUT2D eigenvalue weighted by Gasteiger charge is -2.42. The van der Waals surface area contributed by atoms with E-state index in [1.807, 2.05) is 30.8 Å². The summed E-state index contributed by atoms with van der Waals surface area (Å²) in [6.07, 6.45) is 7.22. The Balaban J connectivity index is 1.94. The fraction of sp³-hybridized carbons (Fsp3) is 0.500. The van der Waals surface area contributed by atoms with Gasteiger partial charge in [-0.15, -0.1) is 11.8 Å². The Hall–Kier alpha value is -2.18. The Labute approximate surface area is 204 Å². The normalized spacial score (nSPS) is 15.8. The number of hydrogen-bond donors (Lipinski definition) is 0. The van der Waals surface area contributed by atoms with Gasteiger partial charge in [-0.1, -0.05) is 65.7 Å². The van der Waals surface area contributed by atoms with Crippen LogP contribution in [0, 0.1) is 11.8 Å². The Morgan fingerprint density at radius 2 is 1.73 bits per heavy atom. The van der Waals surface area contributed by atoms with Gasteiger partial charge in [0.05, 0.1) is 12.2 Å². The number of benzene rings is 2. The maximum absolute atomic E-state index is 11.9. The third kappa shape index (κ3) is 6.67. The van der Waals surface area contributed by atoms with E-state index in [2.05, 4.69) is 58.6 Å². The van der Waals surface area contributed by atoms with Crippen LogP contribution in [0.25, 0.3) is 0 Å². The molecule has 0 fully saturated rings. The first kappa shape index (κ1) is 25.4. The molecule has 0 N–H and O–H groups in total. The van der Waals surface area contributed by atoms with Gasteiger partial charge in [0.15, 0.2) is 0 Å². The second-order valence-corrected chi connectivity index (χ2v) is 12.0. The molecule has 0 spiro atoms. The van der Waals surface area contributed by atoms with E-state index < -0.39 is 0 Å². The van der Waals surface area contributed by atoms with Crippen molar-refractivity contribution in [3.8, 4) is 11.8 Å². The fourth-order valence-corrected chi connectivity index (χ4v) is 6.51. The summed E-state index contributed by atoms with van der Waals surface area (Å²) in [7, 11) is 0. The number of rotatable bonds is 7. The molecule has 0 aliphatic carbocycles. The summed E-state index contributed by atoms with van der Waals surface area (Å²) in [4.78, 5) is 13.3. The lowest BCUT2D eigenvalue weighted by Crippen LogP contribution is -2.33. The van der Waals surface area contributed by atoms with Crippen molar-refractivity contribution in [3.63, 3.8) is 0 Å². The number of unbranched alkanes of at least 4 members (excludes halogenated alkanes) is 3. The van der Waals surface area contributed by atoms with Crippen LogP contribution in [0.5, 0.6) is 0 Å². The summed E-state index contributed by atoms with van der Waals surface area (Å²) in [5.41, 5.74) is 5.53. The predicted octanol–water partition coefficient (Wildman–Crippen LogP) is 7.94. The first-order valence-corrected chi connectivity index (χ1v) is 13.1. The van der Waals surface area contributed by atoms with Crippen LogP contribution in [0.15, 0.2) is 41.3 Å². The van der Waals surface area contributed by atoms with Crippen LogP contribution in [-0.2, 0) is 16.6 Å². The first-order chi connectivity index (χ1) is 15.6. The molecular formula is C30H38O2S. The minimum Gasteiger partial charge on any atom is -0.462 e. The Bertz CT molecular complexity index is 1040. The van der Waals surface area contributed by atoms with Gasteiger partial charge in [-0.2, -0.15) is 0 Å². The van der Waals surface area contributed by atoms with E-state index in [9.17, 15) is 4.79 Å². The summed E-state index contributed by atoms with van der Waals surface area (Å²) in [5, 5.41) is 0. The van der Waals surface area contributed by atoms with Gasteiger partial charge in [-0.25, -0.2) is 4.79 Å². The zero-order valence-electron chi connectivity index (χ0n) is 21.1. The van der Waals surface area contributed by atoms with Crippen molar-refractivity contribution in [2.24, 2.45) is 0 Å². The third-order valence-electron chi connectivity index (χ3n) is 6.23. The second kappa shape index (κ2) is 10.8. The maximum atomic E-state index is 11.9. The van der Waals surface area contributed by atoms with Gasteiger partial charge in [-0.05, 0) is 79.1 Å². The van der Waals surface area contributed by atoms with Gasteiger partial charge in [0.2, 0.25) is 0 Å². The Morgan fingerprint density at radius 3 is 2.39 bits per heavy atom. The summed E-state index contributed by atoms with van der Waals surface area (Å²) in [5.74, 6) is 6.53. The molecule has 0 atom stereocenters. The van der Waals surface area contributed by atoms with Crippen LogP contribution in [0.2, 0.25) is 0 Å². The van der Waals surface area contributed by atoms with E-state index in [0.29, 0.717) is 12.2 Å². The highest BCUT2D eigenvalue weighted by Gasteiger charge is 2.38. The molecule has 1 heterocycles. The van der Waals surface area contributed by atoms with Crippen molar-refractivity contribution in [1.82, 2.24) is 0 Å². The summed E-state index contributed by atoms with van der Waals surface area (Å²) < 4.78 is 5.32. The van der Waals surface area contributed by atoms with E-state index >= 15 is 0 Å². The number of thioether (sulfide) groups is 1. The molecule has 1 aliphatic heterocycles. The Kier molecular flexibility index (Phi) is 8.35. The number of esters is 1. The van der Waals surface area contributed by atoms with Gasteiger partial charge in [-0.3, -0.25) is 0 Å². The molecule has 3 heteroatoms. The van der Waals surface area contributed by atoms with E-state index in [1.54, 1.807) is 12.1 Å². The average molecular weight is 463 g/mol. The quantitative estimate of drug-likeness (QED) is 0.237. The van der Waals surface area contributed by atoms with Crippen LogP contribution in [0.4, 0.5) is 0 Å². The van der Waals surface area contributed by atoms with Crippen LogP contribution < -0.4 is 0 Å². The van der Waals surface area contributed by atoms with Crippen LogP contribution in [0.1, 0.15) is 106 Å². The van der Waals surface area contributed by atoms with E-state index in [0.717, 1.165) is 24.0 Å². The highest BCUT2D eigenvalue weighted by molar-refractivity contribution is 8.00. The lowest BCUT2D eigenvalue weighted by molar-refractivity contribution is 0.0526. The number of carbonyl (C=O) groups is 1. The van der Waals surface area contributed by atoms with Crippen LogP contribution in [-0.4, -0.2) is 17.3 Å². The minimum absolute atomic E-state index is 0.128. The van der Waals surface area contributed by atoms with E-state index in [4.69, 9.17) is 4.74 Å². The number of fused-ring (bicyclic) bond motifs is 1. The molecule has 1 aliphatic rings. The summed E-state index contributed by atoms with van der Waals surface area (Å²) >= 11 is 2.01. The molecule has 0 bridgehead atoms. The number of ether oxygens (including phenoxy) is 1. The zero-order chi connectivity index (χ0) is 24.1. The maximum Gasteiger partial charge on any atom is 0.338 e. The van der Waals surface area contributed by atoms with Crippen molar-refractivity contribution in [2.45, 2.75) is 95.1 Å². The molecule has 0 radical (unpaired) electrons. The zero-order valence-corrected chi connectivity index (χ0v) is 22.0. The molecule has 33 heavy (non-hydrogen) atoms. The number of hydrogen-bond acceptors (Lipinski definition) is 3. The molecule has 2 nitrogen and oxygen atoms in total. The minimum atomic E-state index is -0.288. The lowest BCUT2D eigenvalue weighted by atomic mass is 9.76. The van der Waals surface area contributed by atoms with Crippen molar-refractivity contribution >= 4 is 17.7 Å². The first-order valence-electron chi connectivity index (χ1n) is 12.3. The van der Waals surface area contributed by atoms with E-state index in [1.165, 1.54) is 41.7 Å². The van der Waals surface area contributed by atoms with Gasteiger partial charge >= 0.3 is 5.97 Å². The highest BCUT2D eigenvalue weighted by atomic mass is 32.2. The monoisotopic (exact) mass is 462 g/mol. The molecule has 176 valence electrons. The molecule has 3 rings (SSSR count). The van der Waals surface area contributed by atoms with Crippen molar-refractivity contribution < 1.29 is 9.53 Å². The highest BCUT2D eigenvalue weighted by Crippen LogP contribution is 2.51. The van der Waals surface area contributed by atoms with Crippen LogP contribution in [0.3, 0.4) is 0 Å². The molecule has 0 saturated carbocycles. The topological polar surface area (TPSA) is 26.3 Å². The SMILES string of the molecule is CCCCCCc1cc2c(cc1C#Cc1ccc(C(=O)OCC)cc1)C(C)(C)CC(C)(C)S2.